The van der Waals surface area contributed by atoms with Gasteiger partial charge in [-0.3, -0.25) is 9.69 Å². The molecular weight excluding hydrogens is 244 g/mol. The summed E-state index contributed by atoms with van der Waals surface area (Å²) < 4.78 is 0. The average molecular weight is 270 g/mol. The van der Waals surface area contributed by atoms with Gasteiger partial charge < -0.3 is 15.8 Å². The van der Waals surface area contributed by atoms with Crippen molar-refractivity contribution < 1.29 is 10.0 Å². The van der Waals surface area contributed by atoms with Crippen LogP contribution in [0.5, 0.6) is 0 Å². The molecule has 0 aromatic carbocycles. The van der Waals surface area contributed by atoms with Gasteiger partial charge in [-0.1, -0.05) is 25.9 Å². The highest BCUT2D eigenvalue weighted by Gasteiger charge is 2.33. The molecule has 1 rings (SSSR count). The average Bonchev–Trinajstić information content (AvgIpc) is 2.90. The summed E-state index contributed by atoms with van der Waals surface area (Å²) in [5.41, 5.74) is 5.59. The van der Waals surface area contributed by atoms with Crippen LogP contribution in [0.1, 0.15) is 33.6 Å². The second-order valence-electron chi connectivity index (χ2n) is 4.93. The molecule has 1 amide bonds. The Morgan fingerprint density at radius 1 is 1.47 bits per heavy atom. The fourth-order valence-electron chi connectivity index (χ4n) is 2.78. The largest absolute Gasteiger partial charge is 0.409 e. The van der Waals surface area contributed by atoms with E-state index in [9.17, 15) is 4.79 Å². The lowest BCUT2D eigenvalue weighted by atomic mass is 10.0. The molecule has 0 aromatic rings. The lowest BCUT2D eigenvalue weighted by Crippen LogP contribution is -2.43. The maximum atomic E-state index is 12.4. The third-order valence-corrected chi connectivity index (χ3v) is 3.98. The van der Waals surface area contributed by atoms with Crippen molar-refractivity contribution in [3.63, 3.8) is 0 Å². The molecule has 0 bridgehead atoms. The van der Waals surface area contributed by atoms with Crippen LogP contribution in [0.3, 0.4) is 0 Å². The van der Waals surface area contributed by atoms with Crippen molar-refractivity contribution in [3.8, 4) is 0 Å². The summed E-state index contributed by atoms with van der Waals surface area (Å²) in [5, 5.41) is 11.7. The van der Waals surface area contributed by atoms with E-state index in [0.29, 0.717) is 12.5 Å². The number of amidine groups is 1. The predicted octanol–water partition coefficient (Wildman–Crippen LogP) is 0.702. The first-order valence-electron chi connectivity index (χ1n) is 7.09. The molecule has 3 N–H and O–H groups in total. The highest BCUT2D eigenvalue weighted by atomic mass is 16.4. The minimum Gasteiger partial charge on any atom is -0.409 e. The second kappa shape index (κ2) is 7.33. The van der Waals surface area contributed by atoms with E-state index in [2.05, 4.69) is 23.9 Å². The molecular formula is C13H26N4O2. The number of likely N-dealkylation sites (N-methyl/N-ethyl adjacent to an activating group) is 1. The number of nitrogens with zero attached hydrogens (tertiary/aromatic N) is 3. The van der Waals surface area contributed by atoms with Gasteiger partial charge in [0.25, 0.3) is 0 Å². The van der Waals surface area contributed by atoms with E-state index in [-0.39, 0.29) is 11.7 Å². The minimum absolute atomic E-state index is 0.0128. The Labute approximate surface area is 115 Å². The van der Waals surface area contributed by atoms with Gasteiger partial charge in [0.05, 0.1) is 5.92 Å². The number of oxime groups is 1. The molecule has 2 atom stereocenters. The van der Waals surface area contributed by atoms with Gasteiger partial charge >= 0.3 is 0 Å². The molecule has 110 valence electrons. The number of hydrogen-bond donors (Lipinski definition) is 2. The van der Waals surface area contributed by atoms with E-state index >= 15 is 0 Å². The van der Waals surface area contributed by atoms with E-state index < -0.39 is 5.92 Å². The maximum absolute atomic E-state index is 12.4. The van der Waals surface area contributed by atoms with Crippen LogP contribution >= 0.6 is 0 Å². The smallest absolute Gasteiger partial charge is 0.233 e. The first kappa shape index (κ1) is 15.8. The number of nitrogens with two attached hydrogens (primary N) is 1. The fourth-order valence-corrected chi connectivity index (χ4v) is 2.78. The molecule has 0 aromatic heterocycles. The van der Waals surface area contributed by atoms with E-state index in [1.807, 2.05) is 11.8 Å². The van der Waals surface area contributed by atoms with Crippen LogP contribution in [0.25, 0.3) is 0 Å². The van der Waals surface area contributed by atoms with Gasteiger partial charge in [0, 0.05) is 19.1 Å². The van der Waals surface area contributed by atoms with Crippen molar-refractivity contribution in [2.75, 3.05) is 26.2 Å². The molecule has 1 aliphatic heterocycles. The summed E-state index contributed by atoms with van der Waals surface area (Å²) in [4.78, 5) is 16.6. The lowest BCUT2D eigenvalue weighted by molar-refractivity contribution is -0.132. The van der Waals surface area contributed by atoms with Gasteiger partial charge in [0.15, 0.2) is 5.84 Å². The summed E-state index contributed by atoms with van der Waals surface area (Å²) in [5.74, 6) is -0.508. The quantitative estimate of drug-likeness (QED) is 0.322. The van der Waals surface area contributed by atoms with Gasteiger partial charge in [-0.25, -0.2) is 0 Å². The topological polar surface area (TPSA) is 82.2 Å². The minimum atomic E-state index is -0.500. The Morgan fingerprint density at radius 2 is 2.11 bits per heavy atom. The number of carbonyl (C=O) groups is 1. The SMILES string of the molecule is CCC(C(=O)N1CCC(N(CC)CC)C1)C(N)=NO. The molecule has 1 fully saturated rings. The Morgan fingerprint density at radius 3 is 2.58 bits per heavy atom. The molecule has 1 aliphatic rings. The molecule has 6 heteroatoms. The maximum Gasteiger partial charge on any atom is 0.233 e. The zero-order chi connectivity index (χ0) is 14.4. The first-order chi connectivity index (χ1) is 9.08. The number of amides is 1. The molecule has 1 saturated heterocycles. The fraction of sp³-hybridized carbons (Fsp3) is 0.846. The monoisotopic (exact) mass is 270 g/mol. The zero-order valence-corrected chi connectivity index (χ0v) is 12.2. The summed E-state index contributed by atoms with van der Waals surface area (Å²) in [7, 11) is 0. The third kappa shape index (κ3) is 3.59. The third-order valence-electron chi connectivity index (χ3n) is 3.98. The van der Waals surface area contributed by atoms with Crippen molar-refractivity contribution in [2.45, 2.75) is 39.7 Å². The van der Waals surface area contributed by atoms with Crippen LogP contribution < -0.4 is 5.73 Å². The van der Waals surface area contributed by atoms with Crippen LogP contribution in [-0.4, -0.2) is 59.0 Å². The summed E-state index contributed by atoms with van der Waals surface area (Å²) in [6.07, 6.45) is 1.56. The highest BCUT2D eigenvalue weighted by molar-refractivity contribution is 6.02. The van der Waals surface area contributed by atoms with Crippen molar-refractivity contribution in [3.05, 3.63) is 0 Å². The highest BCUT2D eigenvalue weighted by Crippen LogP contribution is 2.19. The molecule has 0 spiro atoms. The Hall–Kier alpha value is -1.30. The van der Waals surface area contributed by atoms with Gasteiger partial charge in [-0.2, -0.15) is 0 Å². The summed E-state index contributed by atoms with van der Waals surface area (Å²) in [6.45, 7) is 9.66. The van der Waals surface area contributed by atoms with Gasteiger partial charge in [0.1, 0.15) is 0 Å². The number of rotatable bonds is 6. The molecule has 0 aliphatic carbocycles. The number of hydrogen-bond acceptors (Lipinski definition) is 4. The van der Waals surface area contributed by atoms with Crippen LogP contribution in [0.4, 0.5) is 0 Å². The van der Waals surface area contributed by atoms with Crippen LogP contribution in [0.2, 0.25) is 0 Å². The molecule has 2 unspecified atom stereocenters. The summed E-state index contributed by atoms with van der Waals surface area (Å²) in [6, 6.07) is 0.434. The van der Waals surface area contributed by atoms with Crippen molar-refractivity contribution in [1.29, 1.82) is 0 Å². The molecule has 1 heterocycles. The van der Waals surface area contributed by atoms with Gasteiger partial charge in [0.2, 0.25) is 5.91 Å². The lowest BCUT2D eigenvalue weighted by Gasteiger charge is -2.27. The first-order valence-corrected chi connectivity index (χ1v) is 7.09. The summed E-state index contributed by atoms with van der Waals surface area (Å²) >= 11 is 0. The van der Waals surface area contributed by atoms with Crippen molar-refractivity contribution in [1.82, 2.24) is 9.80 Å². The number of carbonyl (C=O) groups excluding carboxylic acids is 1. The van der Waals surface area contributed by atoms with Gasteiger partial charge in [-0.05, 0) is 25.9 Å². The van der Waals surface area contributed by atoms with Crippen LogP contribution in [-0.2, 0) is 4.79 Å². The van der Waals surface area contributed by atoms with E-state index in [4.69, 9.17) is 10.9 Å². The van der Waals surface area contributed by atoms with Crippen molar-refractivity contribution in [2.24, 2.45) is 16.8 Å². The second-order valence-corrected chi connectivity index (χ2v) is 4.93. The Kier molecular flexibility index (Phi) is 6.08. The zero-order valence-electron chi connectivity index (χ0n) is 12.2. The molecule has 19 heavy (non-hydrogen) atoms. The Bertz CT molecular complexity index is 329. The van der Waals surface area contributed by atoms with E-state index in [1.165, 1.54) is 0 Å². The van der Waals surface area contributed by atoms with Crippen LogP contribution in [0, 0.1) is 5.92 Å². The van der Waals surface area contributed by atoms with Gasteiger partial charge in [-0.15, -0.1) is 0 Å². The Balaban J connectivity index is 2.65. The van der Waals surface area contributed by atoms with Crippen molar-refractivity contribution >= 4 is 11.7 Å². The normalized spacial score (nSPS) is 22.0. The number of likely N-dealkylation sites (tertiary alicyclic amines) is 1. The van der Waals surface area contributed by atoms with Crippen LogP contribution in [0.15, 0.2) is 5.16 Å². The molecule has 0 radical (unpaired) electrons. The predicted molar refractivity (Wildman–Crippen MR) is 75.1 cm³/mol. The van der Waals surface area contributed by atoms with E-state index in [1.54, 1.807) is 0 Å². The molecule has 0 saturated carbocycles. The molecule has 6 nitrogen and oxygen atoms in total. The standard InChI is InChI=1S/C13H26N4O2/c1-4-11(12(14)15-19)13(18)17-8-7-10(9-17)16(5-2)6-3/h10-11,19H,4-9H2,1-3H3,(H2,14,15). The van der Waals surface area contributed by atoms with E-state index in [0.717, 1.165) is 32.6 Å².